The number of nitrogens with one attached hydrogen (secondary N) is 1. The maximum atomic E-state index is 13.6. The van der Waals surface area contributed by atoms with E-state index in [4.69, 9.17) is 9.47 Å². The number of fused-ring (bicyclic) bond motifs is 1. The standard InChI is InChI=1S/C24H21FN2O7S/c1-32-24(29)16-3-2-4-18(13-16)26-23(28)15-27(19-7-5-17(25)6-8-19)35(30,31)20-9-10-21-22(14-20)34-12-11-33-21/h2-10,13-14H,11-12,15H2,1H3,(H,26,28). The van der Waals surface area contributed by atoms with Gasteiger partial charge in [0.05, 0.1) is 23.3 Å². The predicted molar refractivity (Wildman–Crippen MR) is 125 cm³/mol. The van der Waals surface area contributed by atoms with E-state index in [0.29, 0.717) is 12.4 Å². The molecule has 0 unspecified atom stereocenters. The molecular formula is C24H21FN2O7S. The average Bonchev–Trinajstić information content (AvgIpc) is 2.87. The van der Waals surface area contributed by atoms with Crippen molar-refractivity contribution in [2.24, 2.45) is 0 Å². The van der Waals surface area contributed by atoms with E-state index in [1.165, 1.54) is 49.6 Å². The molecule has 3 aromatic rings. The lowest BCUT2D eigenvalue weighted by Crippen LogP contribution is -2.38. The second-order valence-electron chi connectivity index (χ2n) is 7.41. The number of rotatable bonds is 7. The Morgan fingerprint density at radius 1 is 1.00 bits per heavy atom. The zero-order chi connectivity index (χ0) is 25.0. The fraction of sp³-hybridized carbons (Fsp3) is 0.167. The van der Waals surface area contributed by atoms with Crippen molar-refractivity contribution in [1.82, 2.24) is 0 Å². The highest BCUT2D eigenvalue weighted by Gasteiger charge is 2.29. The minimum atomic E-state index is -4.27. The molecule has 0 atom stereocenters. The Bertz CT molecular complexity index is 1360. The summed E-state index contributed by atoms with van der Waals surface area (Å²) in [5.41, 5.74) is 0.568. The molecule has 35 heavy (non-hydrogen) atoms. The van der Waals surface area contributed by atoms with Gasteiger partial charge in [-0.3, -0.25) is 9.10 Å². The molecule has 0 spiro atoms. The molecule has 0 aromatic heterocycles. The van der Waals surface area contributed by atoms with E-state index in [1.807, 2.05) is 0 Å². The van der Waals surface area contributed by atoms with E-state index in [1.54, 1.807) is 12.1 Å². The van der Waals surface area contributed by atoms with Crippen LogP contribution >= 0.6 is 0 Å². The fourth-order valence-electron chi connectivity index (χ4n) is 3.41. The van der Waals surface area contributed by atoms with Gasteiger partial charge in [-0.1, -0.05) is 6.07 Å². The normalized spacial score (nSPS) is 12.5. The summed E-state index contributed by atoms with van der Waals surface area (Å²) in [5, 5.41) is 2.57. The van der Waals surface area contributed by atoms with Gasteiger partial charge >= 0.3 is 5.97 Å². The maximum absolute atomic E-state index is 13.6. The van der Waals surface area contributed by atoms with Gasteiger partial charge in [-0.15, -0.1) is 0 Å². The minimum Gasteiger partial charge on any atom is -0.486 e. The number of carbonyl (C=O) groups is 2. The number of sulfonamides is 1. The number of halogens is 1. The molecule has 0 aliphatic carbocycles. The average molecular weight is 501 g/mol. The van der Waals surface area contributed by atoms with Gasteiger partial charge in [0.25, 0.3) is 10.0 Å². The Kier molecular flexibility index (Phi) is 6.87. The summed E-state index contributed by atoms with van der Waals surface area (Å²) in [5.74, 6) is -1.16. The Hall–Kier alpha value is -4.12. The largest absolute Gasteiger partial charge is 0.486 e. The number of methoxy groups -OCH3 is 1. The van der Waals surface area contributed by atoms with E-state index in [-0.39, 0.29) is 34.2 Å². The topological polar surface area (TPSA) is 111 Å². The van der Waals surface area contributed by atoms with Gasteiger partial charge in [-0.25, -0.2) is 17.6 Å². The lowest BCUT2D eigenvalue weighted by Gasteiger charge is -2.25. The summed E-state index contributed by atoms with van der Waals surface area (Å²) in [6.07, 6.45) is 0. The SMILES string of the molecule is COC(=O)c1cccc(NC(=O)CN(c2ccc(F)cc2)S(=O)(=O)c2ccc3c(c2)OCCO3)c1. The van der Waals surface area contributed by atoms with Crippen LogP contribution in [0.4, 0.5) is 15.8 Å². The van der Waals surface area contributed by atoms with Gasteiger partial charge in [0, 0.05) is 11.8 Å². The first-order valence-electron chi connectivity index (χ1n) is 10.4. The summed E-state index contributed by atoms with van der Waals surface area (Å²) in [6, 6.07) is 14.9. The Labute approximate surface area is 201 Å². The van der Waals surface area contributed by atoms with Crippen LogP contribution in [-0.2, 0) is 19.6 Å². The number of hydrogen-bond donors (Lipinski definition) is 1. The number of carbonyl (C=O) groups excluding carboxylic acids is 2. The molecule has 1 heterocycles. The zero-order valence-electron chi connectivity index (χ0n) is 18.6. The van der Waals surface area contributed by atoms with Gasteiger partial charge in [0.15, 0.2) is 11.5 Å². The highest BCUT2D eigenvalue weighted by atomic mass is 32.2. The number of nitrogens with zero attached hydrogens (tertiary/aromatic N) is 1. The van der Waals surface area contributed by atoms with Crippen molar-refractivity contribution in [3.05, 3.63) is 78.1 Å². The van der Waals surface area contributed by atoms with Crippen LogP contribution in [0.1, 0.15) is 10.4 Å². The first-order valence-corrected chi connectivity index (χ1v) is 11.9. The van der Waals surface area contributed by atoms with Gasteiger partial charge in [-0.2, -0.15) is 0 Å². The van der Waals surface area contributed by atoms with Crippen LogP contribution in [0.15, 0.2) is 71.6 Å². The minimum absolute atomic E-state index is 0.0831. The molecule has 0 fully saturated rings. The molecular weight excluding hydrogens is 479 g/mol. The zero-order valence-corrected chi connectivity index (χ0v) is 19.4. The third-order valence-corrected chi connectivity index (χ3v) is 6.84. The highest BCUT2D eigenvalue weighted by molar-refractivity contribution is 7.92. The van der Waals surface area contributed by atoms with E-state index in [2.05, 4.69) is 10.1 Å². The summed E-state index contributed by atoms with van der Waals surface area (Å²) in [7, 11) is -3.04. The summed E-state index contributed by atoms with van der Waals surface area (Å²) < 4.78 is 57.1. The monoisotopic (exact) mass is 500 g/mol. The molecule has 1 aliphatic heterocycles. The van der Waals surface area contributed by atoms with Crippen molar-refractivity contribution in [2.45, 2.75) is 4.90 Å². The van der Waals surface area contributed by atoms with Crippen LogP contribution in [0.25, 0.3) is 0 Å². The molecule has 1 amide bonds. The smallest absolute Gasteiger partial charge is 0.337 e. The van der Waals surface area contributed by atoms with Gasteiger partial charge in [-0.05, 0) is 54.6 Å². The summed E-state index contributed by atoms with van der Waals surface area (Å²) >= 11 is 0. The lowest BCUT2D eigenvalue weighted by atomic mass is 10.2. The molecule has 9 nitrogen and oxygen atoms in total. The van der Waals surface area contributed by atoms with E-state index in [0.717, 1.165) is 16.4 Å². The quantitative estimate of drug-likeness (QED) is 0.496. The molecule has 0 bridgehead atoms. The van der Waals surface area contributed by atoms with Crippen LogP contribution in [0.3, 0.4) is 0 Å². The summed E-state index contributed by atoms with van der Waals surface area (Å²) in [6.45, 7) is -0.00572. The predicted octanol–water partition coefficient (Wildman–Crippen LogP) is 3.22. The van der Waals surface area contributed by atoms with Crippen LogP contribution in [0.2, 0.25) is 0 Å². The summed E-state index contributed by atoms with van der Waals surface area (Å²) in [4.78, 5) is 24.5. The molecule has 182 valence electrons. The molecule has 4 rings (SSSR count). The number of ether oxygens (including phenoxy) is 3. The third-order valence-electron chi connectivity index (χ3n) is 5.07. The van der Waals surface area contributed by atoms with Crippen molar-refractivity contribution in [3.63, 3.8) is 0 Å². The van der Waals surface area contributed by atoms with E-state index >= 15 is 0 Å². The Balaban J connectivity index is 1.64. The van der Waals surface area contributed by atoms with Crippen LogP contribution in [-0.4, -0.2) is 47.2 Å². The lowest BCUT2D eigenvalue weighted by molar-refractivity contribution is -0.114. The van der Waals surface area contributed by atoms with Crippen molar-refractivity contribution < 1.29 is 36.6 Å². The van der Waals surface area contributed by atoms with Crippen LogP contribution in [0, 0.1) is 5.82 Å². The van der Waals surface area contributed by atoms with Gasteiger partial charge in [0.2, 0.25) is 5.91 Å². The van der Waals surface area contributed by atoms with Crippen molar-refractivity contribution in [2.75, 3.05) is 36.5 Å². The molecule has 1 aliphatic rings. The van der Waals surface area contributed by atoms with Gasteiger partial charge < -0.3 is 19.5 Å². The highest BCUT2D eigenvalue weighted by Crippen LogP contribution is 2.34. The Morgan fingerprint density at radius 3 is 2.43 bits per heavy atom. The maximum Gasteiger partial charge on any atom is 0.337 e. The molecule has 1 N–H and O–H groups in total. The van der Waals surface area contributed by atoms with Crippen molar-refractivity contribution in [1.29, 1.82) is 0 Å². The van der Waals surface area contributed by atoms with Gasteiger partial charge in [0.1, 0.15) is 25.6 Å². The number of hydrogen-bond acceptors (Lipinski definition) is 7. The molecule has 3 aromatic carbocycles. The second-order valence-corrected chi connectivity index (χ2v) is 9.28. The van der Waals surface area contributed by atoms with E-state index < -0.39 is 34.3 Å². The number of anilines is 2. The molecule has 0 radical (unpaired) electrons. The molecule has 0 saturated heterocycles. The number of benzene rings is 3. The fourth-order valence-corrected chi connectivity index (χ4v) is 4.84. The molecule has 11 heteroatoms. The first kappa shape index (κ1) is 24.0. The Morgan fingerprint density at radius 2 is 1.71 bits per heavy atom. The van der Waals surface area contributed by atoms with Crippen LogP contribution < -0.4 is 19.1 Å². The number of esters is 1. The first-order chi connectivity index (χ1) is 16.8. The van der Waals surface area contributed by atoms with Crippen molar-refractivity contribution in [3.8, 4) is 11.5 Å². The molecule has 0 saturated carbocycles. The second kappa shape index (κ2) is 10.0. The number of amides is 1. The van der Waals surface area contributed by atoms with E-state index in [9.17, 15) is 22.4 Å². The van der Waals surface area contributed by atoms with Crippen LogP contribution in [0.5, 0.6) is 11.5 Å². The van der Waals surface area contributed by atoms with Crippen molar-refractivity contribution >= 4 is 33.3 Å². The third kappa shape index (κ3) is 5.35.